The molecule has 3 aromatic heterocycles. The van der Waals surface area contributed by atoms with Gasteiger partial charge in [-0.05, 0) is 29.6 Å². The van der Waals surface area contributed by atoms with Crippen LogP contribution in [0.25, 0.3) is 21.7 Å². The molecule has 0 aliphatic carbocycles. The Bertz CT molecular complexity index is 1040. The van der Waals surface area contributed by atoms with Gasteiger partial charge >= 0.3 is 0 Å². The molecule has 3 heterocycles. The first-order chi connectivity index (χ1) is 11.2. The Balaban J connectivity index is 1.69. The van der Waals surface area contributed by atoms with Crippen LogP contribution in [0.15, 0.2) is 51.4 Å². The molecule has 8 heteroatoms. The van der Waals surface area contributed by atoms with Gasteiger partial charge in [0.1, 0.15) is 0 Å². The van der Waals surface area contributed by atoms with Crippen LogP contribution in [0.5, 0.6) is 0 Å². The van der Waals surface area contributed by atoms with Gasteiger partial charge in [0, 0.05) is 5.02 Å². The second-order valence-electron chi connectivity index (χ2n) is 4.83. The zero-order valence-corrected chi connectivity index (χ0v) is 13.2. The number of rotatable bonds is 3. The summed E-state index contributed by atoms with van der Waals surface area (Å²) in [5.41, 5.74) is 0.389. The topological polar surface area (TPSA) is 73.8 Å². The summed E-state index contributed by atoms with van der Waals surface area (Å²) in [5.74, 6) is 0.870. The molecule has 114 valence electrons. The molecule has 4 aromatic rings. The van der Waals surface area contributed by atoms with Gasteiger partial charge in [0.05, 0.1) is 28.7 Å². The predicted molar refractivity (Wildman–Crippen MR) is 87.7 cm³/mol. The molecule has 0 unspecified atom stereocenters. The summed E-state index contributed by atoms with van der Waals surface area (Å²) in [5, 5.41) is 6.89. The number of fused-ring (bicyclic) bond motifs is 1. The highest BCUT2D eigenvalue weighted by Crippen LogP contribution is 2.22. The number of thiophene rings is 1. The number of benzene rings is 1. The summed E-state index contributed by atoms with van der Waals surface area (Å²) in [7, 11) is 0. The lowest BCUT2D eigenvalue weighted by Gasteiger charge is -2.03. The predicted octanol–water partition coefficient (Wildman–Crippen LogP) is 3.21. The van der Waals surface area contributed by atoms with E-state index < -0.39 is 0 Å². The van der Waals surface area contributed by atoms with Gasteiger partial charge in [-0.25, -0.2) is 4.98 Å². The first-order valence-electron chi connectivity index (χ1n) is 6.72. The van der Waals surface area contributed by atoms with E-state index in [1.54, 1.807) is 18.2 Å². The lowest BCUT2D eigenvalue weighted by Crippen LogP contribution is -2.21. The molecule has 0 saturated carbocycles. The maximum Gasteiger partial charge on any atom is 0.268 e. The Morgan fingerprint density at radius 1 is 1.30 bits per heavy atom. The van der Waals surface area contributed by atoms with E-state index in [0.717, 1.165) is 4.88 Å². The van der Waals surface area contributed by atoms with Crippen LogP contribution >= 0.6 is 22.9 Å². The van der Waals surface area contributed by atoms with Crippen molar-refractivity contribution >= 4 is 33.8 Å². The van der Waals surface area contributed by atoms with Crippen LogP contribution in [0.1, 0.15) is 5.82 Å². The maximum absolute atomic E-state index is 12.5. The molecule has 1 aromatic carbocycles. The van der Waals surface area contributed by atoms with Crippen LogP contribution in [0.2, 0.25) is 5.02 Å². The minimum absolute atomic E-state index is 0.172. The Hall–Kier alpha value is -2.51. The van der Waals surface area contributed by atoms with Crippen LogP contribution < -0.4 is 5.56 Å². The lowest BCUT2D eigenvalue weighted by molar-refractivity contribution is 0.421. The third-order valence-corrected chi connectivity index (χ3v) is 4.39. The smallest absolute Gasteiger partial charge is 0.268 e. The molecule has 0 fully saturated rings. The summed E-state index contributed by atoms with van der Waals surface area (Å²) < 4.78 is 6.66. The Labute approximate surface area is 139 Å². The van der Waals surface area contributed by atoms with Crippen molar-refractivity contribution in [1.29, 1.82) is 0 Å². The number of halogens is 1. The van der Waals surface area contributed by atoms with Crippen molar-refractivity contribution in [2.75, 3.05) is 0 Å². The molecule has 0 saturated heterocycles. The normalized spacial score (nSPS) is 11.2. The van der Waals surface area contributed by atoms with E-state index in [-0.39, 0.29) is 12.1 Å². The summed E-state index contributed by atoms with van der Waals surface area (Å²) in [6.45, 7) is 0.194. The van der Waals surface area contributed by atoms with Gasteiger partial charge in [0.2, 0.25) is 0 Å². The van der Waals surface area contributed by atoms with Crippen LogP contribution in [0, 0.1) is 0 Å². The minimum atomic E-state index is -0.172. The van der Waals surface area contributed by atoms with Crippen LogP contribution in [0.3, 0.4) is 0 Å². The first-order valence-corrected chi connectivity index (χ1v) is 7.97. The zero-order valence-electron chi connectivity index (χ0n) is 11.6. The summed E-state index contributed by atoms with van der Waals surface area (Å²) >= 11 is 7.42. The quantitative estimate of drug-likeness (QED) is 0.570. The van der Waals surface area contributed by atoms with E-state index >= 15 is 0 Å². The van der Waals surface area contributed by atoms with E-state index in [9.17, 15) is 4.79 Å². The van der Waals surface area contributed by atoms with Gasteiger partial charge in [0.25, 0.3) is 11.4 Å². The van der Waals surface area contributed by atoms with E-state index in [0.29, 0.717) is 27.6 Å². The van der Waals surface area contributed by atoms with E-state index in [4.69, 9.17) is 16.1 Å². The van der Waals surface area contributed by atoms with Crippen molar-refractivity contribution < 1.29 is 4.52 Å². The SMILES string of the molecule is O=c1c2ccc(Cl)cc2ncn1Cc1noc(-c2cccs2)n1. The molecule has 4 rings (SSSR count). The number of aromatic nitrogens is 4. The van der Waals surface area contributed by atoms with Crippen molar-refractivity contribution in [3.05, 3.63) is 63.2 Å². The summed E-state index contributed by atoms with van der Waals surface area (Å²) in [4.78, 5) is 21.9. The van der Waals surface area contributed by atoms with Crippen LogP contribution in [-0.2, 0) is 6.54 Å². The second kappa shape index (κ2) is 5.60. The monoisotopic (exact) mass is 344 g/mol. The van der Waals surface area contributed by atoms with E-state index in [1.807, 2.05) is 17.5 Å². The van der Waals surface area contributed by atoms with Gasteiger partial charge < -0.3 is 4.52 Å². The standard InChI is InChI=1S/C15H9ClN4O2S/c16-9-3-4-10-11(6-9)17-8-20(15(10)21)7-13-18-14(22-19-13)12-2-1-5-23-12/h1-6,8H,7H2. The summed E-state index contributed by atoms with van der Waals surface area (Å²) in [6, 6.07) is 8.80. The van der Waals surface area contributed by atoms with Gasteiger partial charge in [0.15, 0.2) is 5.82 Å². The van der Waals surface area contributed by atoms with Gasteiger partial charge in [-0.2, -0.15) is 4.98 Å². The molecule has 0 bridgehead atoms. The van der Waals surface area contributed by atoms with Crippen molar-refractivity contribution in [2.45, 2.75) is 6.54 Å². The molecular formula is C15H9ClN4O2S. The summed E-state index contributed by atoms with van der Waals surface area (Å²) in [6.07, 6.45) is 1.46. The molecule has 23 heavy (non-hydrogen) atoms. The molecule has 0 atom stereocenters. The van der Waals surface area contributed by atoms with Crippen LogP contribution in [-0.4, -0.2) is 19.7 Å². The van der Waals surface area contributed by atoms with Crippen molar-refractivity contribution in [3.8, 4) is 10.8 Å². The fourth-order valence-electron chi connectivity index (χ4n) is 2.22. The van der Waals surface area contributed by atoms with E-state index in [1.165, 1.54) is 22.2 Å². The number of hydrogen-bond donors (Lipinski definition) is 0. The molecule has 0 aliphatic heterocycles. The van der Waals surface area contributed by atoms with Crippen molar-refractivity contribution in [2.24, 2.45) is 0 Å². The van der Waals surface area contributed by atoms with Gasteiger partial charge in [-0.3, -0.25) is 9.36 Å². The molecule has 0 N–H and O–H groups in total. The average molecular weight is 345 g/mol. The average Bonchev–Trinajstić information content (AvgIpc) is 3.21. The Morgan fingerprint density at radius 2 is 2.22 bits per heavy atom. The number of nitrogens with zero attached hydrogens (tertiary/aromatic N) is 4. The highest BCUT2D eigenvalue weighted by molar-refractivity contribution is 7.13. The molecule has 0 aliphatic rings. The first kappa shape index (κ1) is 14.1. The lowest BCUT2D eigenvalue weighted by atomic mass is 10.2. The van der Waals surface area contributed by atoms with Gasteiger partial charge in [-0.15, -0.1) is 11.3 Å². The molecule has 0 amide bonds. The third kappa shape index (κ3) is 2.64. The number of hydrogen-bond acceptors (Lipinski definition) is 6. The second-order valence-corrected chi connectivity index (χ2v) is 6.22. The molecular weight excluding hydrogens is 336 g/mol. The fourth-order valence-corrected chi connectivity index (χ4v) is 3.03. The third-order valence-electron chi connectivity index (χ3n) is 3.30. The molecule has 0 radical (unpaired) electrons. The highest BCUT2D eigenvalue weighted by atomic mass is 35.5. The van der Waals surface area contributed by atoms with Crippen molar-refractivity contribution in [1.82, 2.24) is 19.7 Å². The van der Waals surface area contributed by atoms with Crippen molar-refractivity contribution in [3.63, 3.8) is 0 Å². The Kier molecular flexibility index (Phi) is 3.44. The molecule has 0 spiro atoms. The molecule has 6 nitrogen and oxygen atoms in total. The largest absolute Gasteiger partial charge is 0.333 e. The van der Waals surface area contributed by atoms with E-state index in [2.05, 4.69) is 15.1 Å². The zero-order chi connectivity index (χ0) is 15.8. The highest BCUT2D eigenvalue weighted by Gasteiger charge is 2.12. The fraction of sp³-hybridized carbons (Fsp3) is 0.0667. The Morgan fingerprint density at radius 3 is 3.04 bits per heavy atom. The van der Waals surface area contributed by atoms with Crippen LogP contribution in [0.4, 0.5) is 0 Å². The minimum Gasteiger partial charge on any atom is -0.333 e. The van der Waals surface area contributed by atoms with Gasteiger partial charge in [-0.1, -0.05) is 22.8 Å². The maximum atomic E-state index is 12.5.